The van der Waals surface area contributed by atoms with Crippen LogP contribution in [0.1, 0.15) is 37.3 Å². The van der Waals surface area contributed by atoms with Crippen molar-refractivity contribution in [3.63, 3.8) is 0 Å². The topological polar surface area (TPSA) is 27.8 Å². The second kappa shape index (κ2) is 4.77. The summed E-state index contributed by atoms with van der Waals surface area (Å²) in [6.07, 6.45) is 4.72. The third-order valence-electron chi connectivity index (χ3n) is 4.13. The molecule has 2 nitrogen and oxygen atoms in total. The van der Waals surface area contributed by atoms with Crippen LogP contribution in [0.2, 0.25) is 0 Å². The lowest BCUT2D eigenvalue weighted by molar-refractivity contribution is 0.582. The van der Waals surface area contributed by atoms with E-state index in [2.05, 4.69) is 48.5 Å². The molecule has 0 radical (unpaired) electrons. The highest BCUT2D eigenvalue weighted by molar-refractivity contribution is 5.84. The van der Waals surface area contributed by atoms with Crippen LogP contribution in [0, 0.1) is 5.92 Å². The molecule has 1 saturated heterocycles. The molecule has 0 amide bonds. The molecule has 1 aliphatic heterocycles. The highest BCUT2D eigenvalue weighted by atomic mass is 14.9. The van der Waals surface area contributed by atoms with Gasteiger partial charge < -0.3 is 10.3 Å². The van der Waals surface area contributed by atoms with Gasteiger partial charge in [0.05, 0.1) is 0 Å². The molecule has 2 N–H and O–H groups in total. The van der Waals surface area contributed by atoms with Gasteiger partial charge in [0.1, 0.15) is 0 Å². The second-order valence-corrected chi connectivity index (χ2v) is 5.84. The summed E-state index contributed by atoms with van der Waals surface area (Å²) >= 11 is 0. The Balaban J connectivity index is 1.93. The number of aromatic nitrogens is 1. The quantitative estimate of drug-likeness (QED) is 0.847. The maximum absolute atomic E-state index is 3.45. The minimum absolute atomic E-state index is 0.602. The summed E-state index contributed by atoms with van der Waals surface area (Å²) < 4.78 is 0. The molecule has 96 valence electrons. The standard InChI is InChI=1S/C16H22N2/c1-11(2)13-3-4-16-15(8-13)14(10-18-16)7-12-5-6-17-9-12/h3-4,8,10-12,17-18H,5-7,9H2,1-2H3. The Morgan fingerprint density at radius 2 is 2.22 bits per heavy atom. The fraction of sp³-hybridized carbons (Fsp3) is 0.500. The summed E-state index contributed by atoms with van der Waals surface area (Å²) in [6.45, 7) is 6.88. The molecule has 2 heteroatoms. The summed E-state index contributed by atoms with van der Waals surface area (Å²) in [4.78, 5) is 3.41. The van der Waals surface area contributed by atoms with Crippen LogP contribution < -0.4 is 5.32 Å². The Morgan fingerprint density at radius 1 is 1.33 bits per heavy atom. The van der Waals surface area contributed by atoms with E-state index < -0.39 is 0 Å². The molecule has 2 heterocycles. The molecule has 1 aliphatic rings. The molecule has 0 aliphatic carbocycles. The summed E-state index contributed by atoms with van der Waals surface area (Å²) in [5.41, 5.74) is 4.20. The molecule has 1 aromatic carbocycles. The zero-order valence-electron chi connectivity index (χ0n) is 11.3. The summed E-state index contributed by atoms with van der Waals surface area (Å²) in [5, 5.41) is 4.88. The van der Waals surface area contributed by atoms with E-state index in [9.17, 15) is 0 Å². The SMILES string of the molecule is CC(C)c1ccc2[nH]cc(CC3CCNC3)c2c1. The number of aromatic amines is 1. The Kier molecular flexibility index (Phi) is 3.13. The first-order chi connectivity index (χ1) is 8.74. The van der Waals surface area contributed by atoms with E-state index in [-0.39, 0.29) is 0 Å². The average Bonchev–Trinajstić information content (AvgIpc) is 2.99. The van der Waals surface area contributed by atoms with Crippen LogP contribution in [0.3, 0.4) is 0 Å². The summed E-state index contributed by atoms with van der Waals surface area (Å²) in [7, 11) is 0. The lowest BCUT2D eigenvalue weighted by atomic mass is 9.96. The van der Waals surface area contributed by atoms with E-state index in [0.29, 0.717) is 5.92 Å². The number of H-pyrrole nitrogens is 1. The van der Waals surface area contributed by atoms with Gasteiger partial charge in [-0.25, -0.2) is 0 Å². The fourth-order valence-corrected chi connectivity index (χ4v) is 2.92. The van der Waals surface area contributed by atoms with Crippen molar-refractivity contribution in [2.24, 2.45) is 5.92 Å². The third kappa shape index (κ3) is 2.17. The molecule has 2 aromatic rings. The monoisotopic (exact) mass is 242 g/mol. The van der Waals surface area contributed by atoms with Crippen molar-refractivity contribution in [3.8, 4) is 0 Å². The van der Waals surface area contributed by atoms with Crippen LogP contribution in [0.15, 0.2) is 24.4 Å². The Hall–Kier alpha value is -1.28. The highest BCUT2D eigenvalue weighted by Crippen LogP contribution is 2.26. The second-order valence-electron chi connectivity index (χ2n) is 5.84. The molecule has 0 saturated carbocycles. The Labute approximate surface area is 109 Å². The predicted molar refractivity (Wildman–Crippen MR) is 77.1 cm³/mol. The van der Waals surface area contributed by atoms with Gasteiger partial charge in [-0.2, -0.15) is 0 Å². The molecule has 3 rings (SSSR count). The van der Waals surface area contributed by atoms with E-state index in [1.165, 1.54) is 48.0 Å². The maximum atomic E-state index is 3.45. The van der Waals surface area contributed by atoms with E-state index in [0.717, 1.165) is 5.92 Å². The van der Waals surface area contributed by atoms with Crippen molar-refractivity contribution in [2.45, 2.75) is 32.6 Å². The molecular formula is C16H22N2. The van der Waals surface area contributed by atoms with Gasteiger partial charge in [0.2, 0.25) is 0 Å². The first kappa shape index (κ1) is 11.8. The number of hydrogen-bond donors (Lipinski definition) is 2. The van der Waals surface area contributed by atoms with Crippen molar-refractivity contribution in [2.75, 3.05) is 13.1 Å². The van der Waals surface area contributed by atoms with Gasteiger partial charge in [-0.1, -0.05) is 19.9 Å². The van der Waals surface area contributed by atoms with Gasteiger partial charge >= 0.3 is 0 Å². The normalized spacial score (nSPS) is 20.1. The van der Waals surface area contributed by atoms with Crippen molar-refractivity contribution in [1.82, 2.24) is 10.3 Å². The van der Waals surface area contributed by atoms with Crippen LogP contribution in [0.4, 0.5) is 0 Å². The molecule has 1 unspecified atom stereocenters. The molecule has 0 spiro atoms. The van der Waals surface area contributed by atoms with Crippen molar-refractivity contribution in [1.29, 1.82) is 0 Å². The average molecular weight is 242 g/mol. The number of rotatable bonds is 3. The van der Waals surface area contributed by atoms with Gasteiger partial charge in [-0.3, -0.25) is 0 Å². The largest absolute Gasteiger partial charge is 0.361 e. The zero-order valence-corrected chi connectivity index (χ0v) is 11.3. The van der Waals surface area contributed by atoms with Crippen LogP contribution in [-0.2, 0) is 6.42 Å². The number of fused-ring (bicyclic) bond motifs is 1. The third-order valence-corrected chi connectivity index (χ3v) is 4.13. The Morgan fingerprint density at radius 3 is 2.94 bits per heavy atom. The van der Waals surface area contributed by atoms with Gasteiger partial charge in [-0.15, -0.1) is 0 Å². The van der Waals surface area contributed by atoms with E-state index in [1.807, 2.05) is 0 Å². The van der Waals surface area contributed by atoms with Crippen LogP contribution in [0.5, 0.6) is 0 Å². The van der Waals surface area contributed by atoms with Crippen molar-refractivity contribution >= 4 is 10.9 Å². The van der Waals surface area contributed by atoms with Crippen LogP contribution in [0.25, 0.3) is 10.9 Å². The smallest absolute Gasteiger partial charge is 0.0456 e. The maximum Gasteiger partial charge on any atom is 0.0456 e. The molecule has 18 heavy (non-hydrogen) atoms. The van der Waals surface area contributed by atoms with Crippen molar-refractivity contribution < 1.29 is 0 Å². The molecule has 1 atom stereocenters. The van der Waals surface area contributed by atoms with E-state index >= 15 is 0 Å². The molecule has 0 bridgehead atoms. The molecule has 1 fully saturated rings. The van der Waals surface area contributed by atoms with Gasteiger partial charge in [-0.05, 0) is 61.0 Å². The van der Waals surface area contributed by atoms with E-state index in [4.69, 9.17) is 0 Å². The van der Waals surface area contributed by atoms with Crippen LogP contribution in [-0.4, -0.2) is 18.1 Å². The number of hydrogen-bond acceptors (Lipinski definition) is 1. The highest BCUT2D eigenvalue weighted by Gasteiger charge is 2.17. The van der Waals surface area contributed by atoms with Gasteiger partial charge in [0.15, 0.2) is 0 Å². The minimum Gasteiger partial charge on any atom is -0.361 e. The molecule has 1 aromatic heterocycles. The van der Waals surface area contributed by atoms with Crippen molar-refractivity contribution in [3.05, 3.63) is 35.5 Å². The van der Waals surface area contributed by atoms with Crippen LogP contribution >= 0.6 is 0 Å². The minimum atomic E-state index is 0.602. The van der Waals surface area contributed by atoms with E-state index in [1.54, 1.807) is 0 Å². The van der Waals surface area contributed by atoms with Gasteiger partial charge in [0, 0.05) is 17.1 Å². The lowest BCUT2D eigenvalue weighted by Gasteiger charge is -2.09. The number of benzene rings is 1. The predicted octanol–water partition coefficient (Wildman–Crippen LogP) is 3.44. The number of nitrogens with one attached hydrogen (secondary N) is 2. The Bertz CT molecular complexity index is 533. The summed E-state index contributed by atoms with van der Waals surface area (Å²) in [5.74, 6) is 1.41. The summed E-state index contributed by atoms with van der Waals surface area (Å²) in [6, 6.07) is 6.83. The first-order valence-electron chi connectivity index (χ1n) is 7.04. The van der Waals surface area contributed by atoms with Gasteiger partial charge in [0.25, 0.3) is 0 Å². The lowest BCUT2D eigenvalue weighted by Crippen LogP contribution is -2.10. The first-order valence-corrected chi connectivity index (χ1v) is 7.04. The molecular weight excluding hydrogens is 220 g/mol. The zero-order chi connectivity index (χ0) is 12.5. The fourth-order valence-electron chi connectivity index (χ4n) is 2.92.